The number of carbonyl (C=O) groups is 1. The van der Waals surface area contributed by atoms with Crippen LogP contribution >= 0.6 is 11.3 Å². The first-order chi connectivity index (χ1) is 9.11. The monoisotopic (exact) mass is 279 g/mol. The zero-order valence-electron chi connectivity index (χ0n) is 10.4. The lowest BCUT2D eigenvalue weighted by Gasteiger charge is -2.16. The normalized spacial score (nSPS) is 12.1. The van der Waals surface area contributed by atoms with Gasteiger partial charge in [-0.1, -0.05) is 13.0 Å². The summed E-state index contributed by atoms with van der Waals surface area (Å²) in [5.41, 5.74) is 5.66. The lowest BCUT2D eigenvalue weighted by Crippen LogP contribution is -2.28. The molecule has 0 aliphatic carbocycles. The zero-order valence-corrected chi connectivity index (χ0v) is 11.2. The van der Waals surface area contributed by atoms with Crippen molar-refractivity contribution in [3.8, 4) is 0 Å². The smallest absolute Gasteiger partial charge is 0.255 e. The van der Waals surface area contributed by atoms with Crippen LogP contribution in [-0.4, -0.2) is 10.9 Å². The molecule has 2 aromatic rings. The number of halogens is 1. The Balaban J connectivity index is 2.18. The number of nitrogens with zero attached hydrogens (tertiary/aromatic N) is 1. The van der Waals surface area contributed by atoms with Gasteiger partial charge in [0.2, 0.25) is 0 Å². The third-order valence-electron chi connectivity index (χ3n) is 2.73. The molecule has 2 aromatic heterocycles. The number of rotatable bonds is 4. The number of nitrogens with two attached hydrogens (primary N) is 1. The van der Waals surface area contributed by atoms with E-state index in [1.807, 2.05) is 24.4 Å². The number of carbonyl (C=O) groups excluding carboxylic acids is 1. The number of thiophene rings is 1. The Labute approximate surface area is 114 Å². The topological polar surface area (TPSA) is 68.0 Å². The summed E-state index contributed by atoms with van der Waals surface area (Å²) < 4.78 is 13.1. The molecule has 6 heteroatoms. The van der Waals surface area contributed by atoms with E-state index in [0.29, 0.717) is 0 Å². The molecule has 0 saturated carbocycles. The highest BCUT2D eigenvalue weighted by Crippen LogP contribution is 2.22. The Hall–Kier alpha value is -1.95. The molecule has 0 bridgehead atoms. The predicted octanol–water partition coefficient (Wildman–Crippen LogP) is 2.75. The molecule has 1 amide bonds. The molecule has 0 aromatic carbocycles. The van der Waals surface area contributed by atoms with E-state index in [1.165, 1.54) is 0 Å². The predicted molar refractivity (Wildman–Crippen MR) is 73.4 cm³/mol. The maximum Gasteiger partial charge on any atom is 0.255 e. The molecule has 0 radical (unpaired) electrons. The van der Waals surface area contributed by atoms with Crippen molar-refractivity contribution in [2.45, 2.75) is 19.4 Å². The van der Waals surface area contributed by atoms with E-state index in [1.54, 1.807) is 11.3 Å². The van der Waals surface area contributed by atoms with Crippen LogP contribution in [0, 0.1) is 5.82 Å². The van der Waals surface area contributed by atoms with Crippen molar-refractivity contribution in [2.24, 2.45) is 0 Å². The fraction of sp³-hybridized carbons (Fsp3) is 0.231. The molecule has 0 aliphatic heterocycles. The van der Waals surface area contributed by atoms with Gasteiger partial charge >= 0.3 is 0 Å². The van der Waals surface area contributed by atoms with Crippen LogP contribution in [0.2, 0.25) is 0 Å². The largest absolute Gasteiger partial charge is 0.383 e. The van der Waals surface area contributed by atoms with Gasteiger partial charge in [0.1, 0.15) is 11.6 Å². The van der Waals surface area contributed by atoms with Crippen LogP contribution in [0.1, 0.15) is 34.6 Å². The summed E-state index contributed by atoms with van der Waals surface area (Å²) in [7, 11) is 0. The molecular weight excluding hydrogens is 265 g/mol. The highest BCUT2D eigenvalue weighted by Gasteiger charge is 2.17. The van der Waals surface area contributed by atoms with Crippen molar-refractivity contribution in [1.29, 1.82) is 0 Å². The van der Waals surface area contributed by atoms with E-state index in [2.05, 4.69) is 10.3 Å². The molecule has 4 nitrogen and oxygen atoms in total. The van der Waals surface area contributed by atoms with Crippen LogP contribution in [-0.2, 0) is 0 Å². The van der Waals surface area contributed by atoms with Gasteiger partial charge in [0, 0.05) is 4.88 Å². The van der Waals surface area contributed by atoms with Gasteiger partial charge in [-0.2, -0.15) is 0 Å². The van der Waals surface area contributed by atoms with Crippen LogP contribution < -0.4 is 11.1 Å². The van der Waals surface area contributed by atoms with Gasteiger partial charge in [-0.3, -0.25) is 4.79 Å². The van der Waals surface area contributed by atoms with Crippen LogP contribution in [0.4, 0.5) is 10.2 Å². The molecule has 2 heterocycles. The minimum atomic E-state index is -0.580. The minimum absolute atomic E-state index is 0.0277. The van der Waals surface area contributed by atoms with Crippen LogP contribution in [0.15, 0.2) is 29.8 Å². The maximum atomic E-state index is 13.1. The molecular formula is C13H14FN3OS. The number of anilines is 1. The van der Waals surface area contributed by atoms with E-state index in [4.69, 9.17) is 5.73 Å². The first-order valence-corrected chi connectivity index (χ1v) is 6.75. The summed E-state index contributed by atoms with van der Waals surface area (Å²) in [6.45, 7) is 1.97. The molecule has 0 saturated heterocycles. The minimum Gasteiger partial charge on any atom is -0.383 e. The fourth-order valence-corrected chi connectivity index (χ4v) is 2.59. The average molecular weight is 279 g/mol. The van der Waals surface area contributed by atoms with Gasteiger partial charge in [0.05, 0.1) is 17.8 Å². The molecule has 0 aliphatic rings. The van der Waals surface area contributed by atoms with Gasteiger partial charge in [-0.25, -0.2) is 9.37 Å². The molecule has 19 heavy (non-hydrogen) atoms. The van der Waals surface area contributed by atoms with Crippen molar-refractivity contribution in [1.82, 2.24) is 10.3 Å². The summed E-state index contributed by atoms with van der Waals surface area (Å²) >= 11 is 1.56. The molecule has 2 rings (SSSR count). The third-order valence-corrected chi connectivity index (χ3v) is 3.72. The van der Waals surface area contributed by atoms with E-state index in [-0.39, 0.29) is 17.4 Å². The second-order valence-corrected chi connectivity index (χ2v) is 5.02. The Kier molecular flexibility index (Phi) is 4.11. The van der Waals surface area contributed by atoms with E-state index in [0.717, 1.165) is 23.6 Å². The van der Waals surface area contributed by atoms with E-state index in [9.17, 15) is 9.18 Å². The SMILES string of the molecule is CCC(NC(=O)c1cc(F)cnc1N)c1cccs1. The second-order valence-electron chi connectivity index (χ2n) is 4.04. The number of nitrogens with one attached hydrogen (secondary N) is 1. The van der Waals surface area contributed by atoms with Crippen molar-refractivity contribution in [3.63, 3.8) is 0 Å². The Morgan fingerprint density at radius 3 is 3.05 bits per heavy atom. The van der Waals surface area contributed by atoms with Crippen LogP contribution in [0.3, 0.4) is 0 Å². The lowest BCUT2D eigenvalue weighted by atomic mass is 10.1. The summed E-state index contributed by atoms with van der Waals surface area (Å²) in [5, 5.41) is 4.78. The molecule has 1 atom stereocenters. The van der Waals surface area contributed by atoms with Crippen molar-refractivity contribution < 1.29 is 9.18 Å². The number of hydrogen-bond acceptors (Lipinski definition) is 4. The second kappa shape index (κ2) is 5.79. The van der Waals surface area contributed by atoms with Gasteiger partial charge in [0.15, 0.2) is 0 Å². The van der Waals surface area contributed by atoms with E-state index >= 15 is 0 Å². The maximum absolute atomic E-state index is 13.1. The number of amides is 1. The van der Waals surface area contributed by atoms with Crippen molar-refractivity contribution in [3.05, 3.63) is 46.0 Å². The molecule has 0 fully saturated rings. The number of aromatic nitrogens is 1. The van der Waals surface area contributed by atoms with E-state index < -0.39 is 11.7 Å². The van der Waals surface area contributed by atoms with Crippen LogP contribution in [0.5, 0.6) is 0 Å². The third kappa shape index (κ3) is 3.08. The van der Waals surface area contributed by atoms with Gasteiger partial charge in [0.25, 0.3) is 5.91 Å². The average Bonchev–Trinajstić information content (AvgIpc) is 2.92. The summed E-state index contributed by atoms with van der Waals surface area (Å²) in [4.78, 5) is 16.8. The zero-order chi connectivity index (χ0) is 13.8. The standard InChI is InChI=1S/C13H14FN3OS/c1-2-10(11-4-3-5-19-11)17-13(18)9-6-8(14)7-16-12(9)15/h3-7,10H,2H2,1H3,(H2,15,16)(H,17,18). The van der Waals surface area contributed by atoms with Crippen molar-refractivity contribution in [2.75, 3.05) is 5.73 Å². The van der Waals surface area contributed by atoms with Crippen molar-refractivity contribution >= 4 is 23.1 Å². The van der Waals surface area contributed by atoms with Gasteiger partial charge in [-0.05, 0) is 23.9 Å². The summed E-state index contributed by atoms with van der Waals surface area (Å²) in [6, 6.07) is 4.87. The fourth-order valence-electron chi connectivity index (χ4n) is 1.73. The van der Waals surface area contributed by atoms with Crippen LogP contribution in [0.25, 0.3) is 0 Å². The highest BCUT2D eigenvalue weighted by atomic mass is 32.1. The number of nitrogen functional groups attached to an aromatic ring is 1. The Morgan fingerprint density at radius 1 is 1.63 bits per heavy atom. The summed E-state index contributed by atoms with van der Waals surface area (Å²) in [5.74, 6) is -0.965. The Morgan fingerprint density at radius 2 is 2.42 bits per heavy atom. The number of hydrogen-bond donors (Lipinski definition) is 2. The molecule has 100 valence electrons. The summed E-state index contributed by atoms with van der Waals surface area (Å²) in [6.07, 6.45) is 1.73. The van der Waals surface area contributed by atoms with Gasteiger partial charge in [-0.15, -0.1) is 11.3 Å². The number of pyridine rings is 1. The molecule has 0 spiro atoms. The Bertz CT molecular complexity index is 571. The lowest BCUT2D eigenvalue weighted by molar-refractivity contribution is 0.0936. The highest BCUT2D eigenvalue weighted by molar-refractivity contribution is 7.10. The first kappa shape index (κ1) is 13.5. The molecule has 1 unspecified atom stereocenters. The van der Waals surface area contributed by atoms with Gasteiger partial charge < -0.3 is 11.1 Å². The quantitative estimate of drug-likeness (QED) is 0.904. The first-order valence-electron chi connectivity index (χ1n) is 5.87. The molecule has 3 N–H and O–H groups in total.